The SMILES string of the molecule is COc1cc(OC)cc(N2C(=O)CC(c3ccc(OCc4ccccc4)cc3)C3=C2CC(C)(C)CC3=O)c1. The molecule has 1 unspecified atom stereocenters. The molecular formula is C32H33NO5. The molecule has 0 spiro atoms. The number of methoxy groups -OCH3 is 2. The third-order valence-corrected chi connectivity index (χ3v) is 7.27. The fourth-order valence-corrected chi connectivity index (χ4v) is 5.46. The molecule has 2 aliphatic rings. The van der Waals surface area contributed by atoms with Crippen LogP contribution in [0, 0.1) is 5.41 Å². The van der Waals surface area contributed by atoms with Gasteiger partial charge in [0.15, 0.2) is 5.78 Å². The summed E-state index contributed by atoms with van der Waals surface area (Å²) in [5.41, 5.74) is 3.92. The molecule has 0 radical (unpaired) electrons. The van der Waals surface area contributed by atoms with E-state index in [1.54, 1.807) is 25.2 Å². The van der Waals surface area contributed by atoms with E-state index in [1.807, 2.05) is 66.7 Å². The van der Waals surface area contributed by atoms with Crippen LogP contribution < -0.4 is 19.1 Å². The number of nitrogens with zero attached hydrogens (tertiary/aromatic N) is 1. The zero-order chi connectivity index (χ0) is 26.9. The molecule has 3 aromatic carbocycles. The van der Waals surface area contributed by atoms with Crippen molar-refractivity contribution in [3.8, 4) is 17.2 Å². The van der Waals surface area contributed by atoms with Gasteiger partial charge in [0.1, 0.15) is 23.9 Å². The van der Waals surface area contributed by atoms with E-state index in [-0.39, 0.29) is 29.4 Å². The Morgan fingerprint density at radius 2 is 1.50 bits per heavy atom. The van der Waals surface area contributed by atoms with Crippen molar-refractivity contribution in [3.63, 3.8) is 0 Å². The number of allylic oxidation sites excluding steroid dienone is 2. The second-order valence-electron chi connectivity index (χ2n) is 10.7. The average molecular weight is 512 g/mol. The van der Waals surface area contributed by atoms with Gasteiger partial charge in [0, 0.05) is 48.2 Å². The highest BCUT2D eigenvalue weighted by atomic mass is 16.5. The number of amides is 1. The number of Topliss-reactive ketones (excluding diaryl/α,β-unsaturated/α-hetero) is 1. The van der Waals surface area contributed by atoms with E-state index < -0.39 is 0 Å². The van der Waals surface area contributed by atoms with Crippen molar-refractivity contribution in [2.75, 3.05) is 19.1 Å². The standard InChI is InChI=1S/C32H33NO5/c1-32(2)18-28-31(29(34)19-32)27(17-30(35)33(28)23-14-25(36-3)16-26(15-23)37-4)22-10-12-24(13-11-22)38-20-21-8-6-5-7-9-21/h5-16,27H,17-20H2,1-4H3. The summed E-state index contributed by atoms with van der Waals surface area (Å²) in [5.74, 6) is 1.66. The van der Waals surface area contributed by atoms with Crippen molar-refractivity contribution in [3.05, 3.63) is 95.2 Å². The van der Waals surface area contributed by atoms with Crippen LogP contribution in [0.1, 0.15) is 50.2 Å². The van der Waals surface area contributed by atoms with Crippen LogP contribution in [0.4, 0.5) is 5.69 Å². The van der Waals surface area contributed by atoms with Crippen molar-refractivity contribution >= 4 is 17.4 Å². The lowest BCUT2D eigenvalue weighted by atomic mass is 9.69. The molecule has 1 aliphatic carbocycles. The molecule has 1 atom stereocenters. The molecule has 0 saturated heterocycles. The molecule has 0 saturated carbocycles. The maximum Gasteiger partial charge on any atom is 0.232 e. The van der Waals surface area contributed by atoms with E-state index in [1.165, 1.54) is 0 Å². The highest BCUT2D eigenvalue weighted by molar-refractivity contribution is 6.08. The minimum Gasteiger partial charge on any atom is -0.497 e. The maximum absolute atomic E-state index is 13.8. The van der Waals surface area contributed by atoms with Crippen LogP contribution in [0.2, 0.25) is 0 Å². The van der Waals surface area contributed by atoms with Crippen molar-refractivity contribution < 1.29 is 23.8 Å². The predicted octanol–water partition coefficient (Wildman–Crippen LogP) is 6.45. The van der Waals surface area contributed by atoms with Crippen LogP contribution in [0.3, 0.4) is 0 Å². The zero-order valence-corrected chi connectivity index (χ0v) is 22.3. The lowest BCUT2D eigenvalue weighted by molar-refractivity contribution is -0.121. The van der Waals surface area contributed by atoms with E-state index in [2.05, 4.69) is 13.8 Å². The Hall–Kier alpha value is -4.06. The summed E-state index contributed by atoms with van der Waals surface area (Å²) in [4.78, 5) is 29.1. The number of ether oxygens (including phenoxy) is 3. The first-order chi connectivity index (χ1) is 18.3. The Bertz CT molecular complexity index is 1350. The van der Waals surface area contributed by atoms with E-state index in [9.17, 15) is 9.59 Å². The van der Waals surface area contributed by atoms with Crippen LogP contribution in [-0.2, 0) is 16.2 Å². The molecule has 0 bridgehead atoms. The van der Waals surface area contributed by atoms with Gasteiger partial charge in [-0.1, -0.05) is 56.3 Å². The van der Waals surface area contributed by atoms with Gasteiger partial charge in [-0.25, -0.2) is 0 Å². The summed E-state index contributed by atoms with van der Waals surface area (Å²) < 4.78 is 16.9. The Balaban J connectivity index is 1.50. The summed E-state index contributed by atoms with van der Waals surface area (Å²) >= 11 is 0. The topological polar surface area (TPSA) is 65.1 Å². The Kier molecular flexibility index (Phi) is 6.98. The second kappa shape index (κ2) is 10.4. The van der Waals surface area contributed by atoms with E-state index in [0.717, 1.165) is 28.1 Å². The Labute approximate surface area is 223 Å². The fraction of sp³-hybridized carbons (Fsp3) is 0.312. The molecule has 6 heteroatoms. The molecule has 0 aromatic heterocycles. The number of hydrogen-bond donors (Lipinski definition) is 0. The van der Waals surface area contributed by atoms with Gasteiger partial charge in [-0.05, 0) is 35.1 Å². The number of benzene rings is 3. The summed E-state index contributed by atoms with van der Waals surface area (Å²) in [6.07, 6.45) is 1.27. The van der Waals surface area contributed by atoms with Gasteiger partial charge >= 0.3 is 0 Å². The Morgan fingerprint density at radius 3 is 2.13 bits per heavy atom. The normalized spacial score (nSPS) is 18.7. The smallest absolute Gasteiger partial charge is 0.232 e. The summed E-state index contributed by atoms with van der Waals surface area (Å²) in [7, 11) is 3.16. The second-order valence-corrected chi connectivity index (χ2v) is 10.7. The first kappa shape index (κ1) is 25.6. The fourth-order valence-electron chi connectivity index (χ4n) is 5.46. The summed E-state index contributed by atoms with van der Waals surface area (Å²) in [6.45, 7) is 4.63. The van der Waals surface area contributed by atoms with Gasteiger partial charge in [0.05, 0.1) is 19.9 Å². The number of carbonyl (C=O) groups excluding carboxylic acids is 2. The molecule has 0 N–H and O–H groups in total. The lowest BCUT2D eigenvalue weighted by Gasteiger charge is -2.43. The molecule has 6 nitrogen and oxygen atoms in total. The molecule has 38 heavy (non-hydrogen) atoms. The van der Waals surface area contributed by atoms with Gasteiger partial charge in [-0.15, -0.1) is 0 Å². The van der Waals surface area contributed by atoms with Gasteiger partial charge in [-0.2, -0.15) is 0 Å². The summed E-state index contributed by atoms with van der Waals surface area (Å²) in [5, 5.41) is 0. The van der Waals surface area contributed by atoms with Crippen LogP contribution in [0.5, 0.6) is 17.2 Å². The largest absolute Gasteiger partial charge is 0.497 e. The molecule has 5 rings (SSSR count). The van der Waals surface area contributed by atoms with Crippen molar-refractivity contribution in [2.45, 2.75) is 45.6 Å². The van der Waals surface area contributed by atoms with E-state index >= 15 is 0 Å². The van der Waals surface area contributed by atoms with Crippen LogP contribution in [-0.4, -0.2) is 25.9 Å². The number of carbonyl (C=O) groups is 2. The van der Waals surface area contributed by atoms with Crippen LogP contribution in [0.15, 0.2) is 84.1 Å². The summed E-state index contributed by atoms with van der Waals surface area (Å²) in [6, 6.07) is 23.2. The highest BCUT2D eigenvalue weighted by Gasteiger charge is 2.44. The molecule has 196 valence electrons. The van der Waals surface area contributed by atoms with Gasteiger partial charge < -0.3 is 14.2 Å². The number of ketones is 1. The van der Waals surface area contributed by atoms with Crippen LogP contribution in [0.25, 0.3) is 0 Å². The predicted molar refractivity (Wildman–Crippen MR) is 147 cm³/mol. The molecule has 1 amide bonds. The monoisotopic (exact) mass is 511 g/mol. The number of hydrogen-bond acceptors (Lipinski definition) is 5. The maximum atomic E-state index is 13.8. The van der Waals surface area contributed by atoms with Crippen molar-refractivity contribution in [1.82, 2.24) is 0 Å². The molecule has 1 aliphatic heterocycles. The lowest BCUT2D eigenvalue weighted by Crippen LogP contribution is -2.43. The third kappa shape index (κ3) is 5.17. The van der Waals surface area contributed by atoms with Gasteiger partial charge in [-0.3, -0.25) is 14.5 Å². The Morgan fingerprint density at radius 1 is 0.842 bits per heavy atom. The highest BCUT2D eigenvalue weighted by Crippen LogP contribution is 2.49. The van der Waals surface area contributed by atoms with Gasteiger partial charge in [0.2, 0.25) is 5.91 Å². The minimum absolute atomic E-state index is 0.0565. The molecule has 3 aromatic rings. The zero-order valence-electron chi connectivity index (χ0n) is 22.3. The first-order valence-electron chi connectivity index (χ1n) is 12.9. The first-order valence-corrected chi connectivity index (χ1v) is 12.9. The molecule has 1 heterocycles. The van der Waals surface area contributed by atoms with Crippen molar-refractivity contribution in [2.24, 2.45) is 5.41 Å². The number of anilines is 1. The number of rotatable bonds is 7. The third-order valence-electron chi connectivity index (χ3n) is 7.27. The average Bonchev–Trinajstić information content (AvgIpc) is 2.91. The van der Waals surface area contributed by atoms with Crippen LogP contribution >= 0.6 is 0 Å². The van der Waals surface area contributed by atoms with E-state index in [0.29, 0.717) is 36.6 Å². The van der Waals surface area contributed by atoms with Crippen molar-refractivity contribution in [1.29, 1.82) is 0 Å². The minimum atomic E-state index is -0.298. The molecule has 0 fully saturated rings. The van der Waals surface area contributed by atoms with Gasteiger partial charge in [0.25, 0.3) is 0 Å². The molecular weight excluding hydrogens is 478 g/mol. The quantitative estimate of drug-likeness (QED) is 0.365. The van der Waals surface area contributed by atoms with E-state index in [4.69, 9.17) is 14.2 Å².